The number of benzene rings is 2. The number of aryl methyl sites for hydroxylation is 1. The number of ketones is 2. The van der Waals surface area contributed by atoms with E-state index in [2.05, 4.69) is 59.6 Å². The van der Waals surface area contributed by atoms with Crippen molar-refractivity contribution in [3.8, 4) is 5.75 Å². The Bertz CT molecular complexity index is 1480. The molecule has 3 aliphatic rings. The number of carboxylic acid groups (broad SMARTS) is 1. The van der Waals surface area contributed by atoms with E-state index in [4.69, 9.17) is 4.74 Å². The van der Waals surface area contributed by atoms with Crippen molar-refractivity contribution in [2.24, 2.45) is 10.8 Å². The lowest BCUT2D eigenvalue weighted by molar-refractivity contribution is -0.137. The van der Waals surface area contributed by atoms with Gasteiger partial charge in [0.05, 0.1) is 10.9 Å². The minimum absolute atomic E-state index is 0.00339. The van der Waals surface area contributed by atoms with Crippen LogP contribution in [0.1, 0.15) is 82.4 Å². The maximum absolute atomic E-state index is 14.1. The zero-order valence-electron chi connectivity index (χ0n) is 24.8. The third-order valence-electron chi connectivity index (χ3n) is 8.42. The molecule has 0 atom stereocenters. The smallest absolute Gasteiger partial charge is 0.305 e. The van der Waals surface area contributed by atoms with Crippen molar-refractivity contribution in [1.82, 2.24) is 4.90 Å². The molecule has 0 saturated carbocycles. The molecule has 0 radical (unpaired) electrons. The Balaban J connectivity index is 1.73. The average Bonchev–Trinajstić information content (AvgIpc) is 2.85. The molecule has 2 aromatic carbocycles. The number of nitrogens with zero attached hydrogens (tertiary/aromatic N) is 1. The van der Waals surface area contributed by atoms with Gasteiger partial charge in [0.2, 0.25) is 0 Å². The fourth-order valence-electron chi connectivity index (χ4n) is 6.62. The Morgan fingerprint density at radius 2 is 1.48 bits per heavy atom. The van der Waals surface area contributed by atoms with Gasteiger partial charge in [-0.25, -0.2) is 0 Å². The molecule has 5 rings (SSSR count). The number of aliphatic carboxylic acids is 1. The maximum Gasteiger partial charge on any atom is 0.305 e. The number of rotatable bonds is 7. The molecule has 222 valence electrons. The monoisotopic (exact) mass is 697 g/mol. The van der Waals surface area contributed by atoms with Crippen LogP contribution in [0.2, 0.25) is 0 Å². The second kappa shape index (κ2) is 11.4. The number of carbonyl (C=O) groups excluding carboxylic acids is 2. The first-order chi connectivity index (χ1) is 19.7. The molecule has 8 heteroatoms. The van der Waals surface area contributed by atoms with Crippen molar-refractivity contribution in [2.45, 2.75) is 79.2 Å². The van der Waals surface area contributed by atoms with Crippen LogP contribution in [0.25, 0.3) is 0 Å². The van der Waals surface area contributed by atoms with Gasteiger partial charge in [-0.1, -0.05) is 73.5 Å². The van der Waals surface area contributed by atoms with Crippen LogP contribution in [0.4, 0.5) is 0 Å². The summed E-state index contributed by atoms with van der Waals surface area (Å²) in [5.41, 5.74) is 5.20. The highest BCUT2D eigenvalue weighted by molar-refractivity contribution is 9.11. The molecular formula is C34H37Br2NO5. The van der Waals surface area contributed by atoms with Crippen molar-refractivity contribution in [3.63, 3.8) is 0 Å². The molecule has 0 unspecified atom stereocenters. The quantitative estimate of drug-likeness (QED) is 0.314. The summed E-state index contributed by atoms with van der Waals surface area (Å²) < 4.78 is 8.02. The Labute approximate surface area is 264 Å². The van der Waals surface area contributed by atoms with E-state index in [1.807, 2.05) is 48.2 Å². The predicted octanol–water partition coefficient (Wildman–Crippen LogP) is 8.26. The number of ether oxygens (including phenoxy) is 1. The first kappa shape index (κ1) is 30.7. The number of allylic oxidation sites excluding steroid dienone is 4. The summed E-state index contributed by atoms with van der Waals surface area (Å²) >= 11 is 7.36. The minimum Gasteiger partial charge on any atom is -0.487 e. The van der Waals surface area contributed by atoms with Gasteiger partial charge in [-0.2, -0.15) is 0 Å². The molecule has 1 heterocycles. The van der Waals surface area contributed by atoms with E-state index in [1.165, 1.54) is 0 Å². The summed E-state index contributed by atoms with van der Waals surface area (Å²) in [4.78, 5) is 42.0. The van der Waals surface area contributed by atoms with Crippen LogP contribution in [0.15, 0.2) is 67.9 Å². The van der Waals surface area contributed by atoms with Gasteiger partial charge in [0.25, 0.3) is 0 Å². The zero-order valence-corrected chi connectivity index (χ0v) is 27.9. The number of carboxylic acids is 1. The number of hydrogen-bond acceptors (Lipinski definition) is 5. The summed E-state index contributed by atoms with van der Waals surface area (Å²) in [6, 6.07) is 12.0. The van der Waals surface area contributed by atoms with Crippen molar-refractivity contribution < 1.29 is 24.2 Å². The molecule has 0 spiro atoms. The molecule has 0 aromatic heterocycles. The molecule has 2 aromatic rings. The highest BCUT2D eigenvalue weighted by Gasteiger charge is 2.49. The van der Waals surface area contributed by atoms with Gasteiger partial charge >= 0.3 is 5.97 Å². The van der Waals surface area contributed by atoms with Crippen LogP contribution in [-0.2, 0) is 21.0 Å². The Morgan fingerprint density at radius 3 is 2.00 bits per heavy atom. The van der Waals surface area contributed by atoms with Crippen LogP contribution in [0.3, 0.4) is 0 Å². The lowest BCUT2D eigenvalue weighted by Gasteiger charge is -2.49. The summed E-state index contributed by atoms with van der Waals surface area (Å²) in [5, 5.41) is 9.62. The van der Waals surface area contributed by atoms with E-state index in [1.54, 1.807) is 0 Å². The van der Waals surface area contributed by atoms with E-state index in [9.17, 15) is 19.5 Å². The van der Waals surface area contributed by atoms with Crippen molar-refractivity contribution in [1.29, 1.82) is 0 Å². The number of carbonyl (C=O) groups is 3. The standard InChI is InChI=1S/C34H37Br2NO5/c1-19-6-8-20(9-7-19)18-42-32-22(12-21(35)13-23(32)36)29-30-24(14-33(2,3)16-26(30)38)37(11-10-28(40)41)25-15-34(4,5)17-27(39)31(25)29/h6-9,12-13,29H,10-11,14-18H2,1-5H3,(H,40,41). The molecule has 6 nitrogen and oxygen atoms in total. The topological polar surface area (TPSA) is 83.9 Å². The second-order valence-corrected chi connectivity index (χ2v) is 15.2. The van der Waals surface area contributed by atoms with Crippen molar-refractivity contribution in [2.75, 3.05) is 6.54 Å². The summed E-state index contributed by atoms with van der Waals surface area (Å²) in [5.74, 6) is -0.929. The molecule has 0 amide bonds. The molecule has 42 heavy (non-hydrogen) atoms. The molecule has 0 bridgehead atoms. The summed E-state index contributed by atoms with van der Waals surface area (Å²) in [6.07, 6.45) is 1.85. The molecule has 0 saturated heterocycles. The number of hydrogen-bond donors (Lipinski definition) is 1. The van der Waals surface area contributed by atoms with Crippen LogP contribution in [0.5, 0.6) is 5.75 Å². The average molecular weight is 699 g/mol. The Morgan fingerprint density at radius 1 is 0.929 bits per heavy atom. The molecule has 0 fully saturated rings. The van der Waals surface area contributed by atoms with Crippen LogP contribution >= 0.6 is 31.9 Å². The van der Waals surface area contributed by atoms with Crippen molar-refractivity contribution >= 4 is 49.4 Å². The maximum atomic E-state index is 14.1. The first-order valence-electron chi connectivity index (χ1n) is 14.3. The molecule has 2 aliphatic carbocycles. The highest BCUT2D eigenvalue weighted by atomic mass is 79.9. The van der Waals surface area contributed by atoms with Crippen LogP contribution in [-0.4, -0.2) is 34.1 Å². The Kier molecular flexibility index (Phi) is 8.36. The lowest BCUT2D eigenvalue weighted by Crippen LogP contribution is -2.45. The SMILES string of the molecule is Cc1ccc(COc2c(Br)cc(Br)cc2C2C3=C(CC(C)(C)CC3=O)N(CCC(=O)O)C3=C2C(=O)CC(C)(C)C3)cc1. The van der Waals surface area contributed by atoms with E-state index >= 15 is 0 Å². The van der Waals surface area contributed by atoms with Gasteiger partial charge in [-0.05, 0) is 64.2 Å². The second-order valence-electron chi connectivity index (χ2n) is 13.4. The van der Waals surface area contributed by atoms with Gasteiger partial charge in [0.1, 0.15) is 12.4 Å². The van der Waals surface area contributed by atoms with Gasteiger partial charge in [-0.3, -0.25) is 14.4 Å². The van der Waals surface area contributed by atoms with E-state index in [-0.39, 0.29) is 35.4 Å². The van der Waals surface area contributed by atoms with Gasteiger partial charge in [0, 0.05) is 57.9 Å². The van der Waals surface area contributed by atoms with Crippen LogP contribution in [0, 0.1) is 17.8 Å². The summed E-state index contributed by atoms with van der Waals surface area (Å²) in [6.45, 7) is 10.9. The number of Topliss-reactive ketones (excluding diaryl/α,β-unsaturated/α-hetero) is 2. The largest absolute Gasteiger partial charge is 0.487 e. The van der Waals surface area contributed by atoms with Gasteiger partial charge < -0.3 is 14.7 Å². The summed E-state index contributed by atoms with van der Waals surface area (Å²) in [7, 11) is 0. The van der Waals surface area contributed by atoms with E-state index in [0.717, 1.165) is 37.0 Å². The van der Waals surface area contributed by atoms with Crippen molar-refractivity contribution in [3.05, 3.63) is 84.6 Å². The lowest BCUT2D eigenvalue weighted by atomic mass is 9.63. The normalized spacial score (nSPS) is 20.0. The predicted molar refractivity (Wildman–Crippen MR) is 169 cm³/mol. The van der Waals surface area contributed by atoms with E-state index in [0.29, 0.717) is 49.2 Å². The Hall–Kier alpha value is -2.71. The third-order valence-corrected chi connectivity index (χ3v) is 9.47. The third kappa shape index (κ3) is 6.16. The van der Waals surface area contributed by atoms with Gasteiger partial charge in [0.15, 0.2) is 11.6 Å². The fourth-order valence-corrected chi connectivity index (χ4v) is 8.00. The van der Waals surface area contributed by atoms with Gasteiger partial charge in [-0.15, -0.1) is 0 Å². The van der Waals surface area contributed by atoms with E-state index < -0.39 is 11.9 Å². The fraction of sp³-hybridized carbons (Fsp3) is 0.441. The minimum atomic E-state index is -0.910. The zero-order chi connectivity index (χ0) is 30.6. The highest BCUT2D eigenvalue weighted by Crippen LogP contribution is 2.56. The molecular weight excluding hydrogens is 662 g/mol. The first-order valence-corrected chi connectivity index (χ1v) is 15.9. The molecule has 1 aliphatic heterocycles. The molecule has 1 N–H and O–H groups in total. The van der Waals surface area contributed by atoms with Crippen LogP contribution < -0.4 is 4.74 Å². The number of halogens is 2.